The fourth-order valence-electron chi connectivity index (χ4n) is 2.00. The minimum Gasteiger partial charge on any atom is -0.365 e. The topological polar surface area (TPSA) is 107 Å². The number of Topliss-reactive ketones (excluding diaryl/α,β-unsaturated/α-hetero) is 1. The minimum atomic E-state index is -0.590. The van der Waals surface area contributed by atoms with Crippen LogP contribution in [0, 0.1) is 17.0 Å². The highest BCUT2D eigenvalue weighted by molar-refractivity contribution is 5.96. The maximum absolute atomic E-state index is 12.2. The van der Waals surface area contributed by atoms with E-state index in [0.29, 0.717) is 5.56 Å². The maximum atomic E-state index is 12.2. The molecule has 0 aliphatic rings. The summed E-state index contributed by atoms with van der Waals surface area (Å²) in [5.74, 6) is -0.887. The number of benzene rings is 1. The number of nitro benzene ring substituents is 1. The first-order chi connectivity index (χ1) is 10.4. The van der Waals surface area contributed by atoms with Gasteiger partial charge in [0.05, 0.1) is 4.92 Å². The Balaban J connectivity index is 2.26. The van der Waals surface area contributed by atoms with Crippen LogP contribution in [0.25, 0.3) is 0 Å². The predicted molar refractivity (Wildman–Crippen MR) is 77.3 cm³/mol. The third-order valence-corrected chi connectivity index (χ3v) is 3.20. The van der Waals surface area contributed by atoms with Gasteiger partial charge in [0.1, 0.15) is 5.56 Å². The molecule has 0 atom stereocenters. The number of carbonyl (C=O) groups excluding carboxylic acids is 2. The van der Waals surface area contributed by atoms with E-state index in [1.165, 1.54) is 22.9 Å². The Morgan fingerprint density at radius 1 is 1.27 bits per heavy atom. The first-order valence-corrected chi connectivity index (χ1v) is 6.45. The van der Waals surface area contributed by atoms with Crippen LogP contribution in [0.4, 0.5) is 5.69 Å². The van der Waals surface area contributed by atoms with Crippen LogP contribution >= 0.6 is 0 Å². The highest BCUT2D eigenvalue weighted by Crippen LogP contribution is 2.19. The molecule has 2 aromatic rings. The number of primary amides is 1. The standard InChI is InChI=1S/C15H13N3O4/c1-10-4-5-11(7-13(10)18(21)22)14(19)9-17-6-2-3-12(8-17)15(16)20/h2-8H,9H2,1H3,(H-,16,20)/p+1. The van der Waals surface area contributed by atoms with Crippen molar-refractivity contribution in [2.75, 3.05) is 0 Å². The Kier molecular flexibility index (Phi) is 4.26. The molecule has 0 aliphatic heterocycles. The van der Waals surface area contributed by atoms with Gasteiger partial charge in [-0.1, -0.05) is 12.1 Å². The molecule has 0 saturated carbocycles. The number of hydrogen-bond acceptors (Lipinski definition) is 4. The van der Waals surface area contributed by atoms with Gasteiger partial charge in [-0.15, -0.1) is 0 Å². The molecule has 1 amide bonds. The second-order valence-electron chi connectivity index (χ2n) is 4.81. The number of nitrogens with zero attached hydrogens (tertiary/aromatic N) is 2. The lowest BCUT2D eigenvalue weighted by Gasteiger charge is -2.01. The number of hydrogen-bond donors (Lipinski definition) is 1. The average Bonchev–Trinajstić information content (AvgIpc) is 2.47. The summed E-state index contributed by atoms with van der Waals surface area (Å²) in [5.41, 5.74) is 6.10. The minimum absolute atomic E-state index is 0.0403. The van der Waals surface area contributed by atoms with Crippen LogP contribution in [0.2, 0.25) is 0 Å². The van der Waals surface area contributed by atoms with Gasteiger partial charge in [-0.3, -0.25) is 19.7 Å². The third kappa shape index (κ3) is 3.32. The molecule has 1 heterocycles. The lowest BCUT2D eigenvalue weighted by molar-refractivity contribution is -0.683. The molecule has 7 heteroatoms. The maximum Gasteiger partial charge on any atom is 0.273 e. The highest BCUT2D eigenvalue weighted by Gasteiger charge is 2.18. The molecule has 1 aromatic heterocycles. The highest BCUT2D eigenvalue weighted by atomic mass is 16.6. The van der Waals surface area contributed by atoms with Crippen molar-refractivity contribution in [2.45, 2.75) is 13.5 Å². The third-order valence-electron chi connectivity index (χ3n) is 3.20. The molecule has 0 unspecified atom stereocenters. The molecule has 2 rings (SSSR count). The zero-order valence-corrected chi connectivity index (χ0v) is 11.9. The molecule has 0 radical (unpaired) electrons. The molecule has 0 fully saturated rings. The Bertz CT molecular complexity index is 771. The number of aromatic nitrogens is 1. The predicted octanol–water partition coefficient (Wildman–Crippen LogP) is 1.17. The number of rotatable bonds is 5. The van der Waals surface area contributed by atoms with E-state index in [-0.39, 0.29) is 29.1 Å². The summed E-state index contributed by atoms with van der Waals surface area (Å²) in [4.78, 5) is 33.7. The lowest BCUT2D eigenvalue weighted by atomic mass is 10.1. The fraction of sp³-hybridized carbons (Fsp3) is 0.133. The van der Waals surface area contributed by atoms with Gasteiger partial charge < -0.3 is 5.73 Å². The van der Waals surface area contributed by atoms with E-state index in [0.717, 1.165) is 0 Å². The number of aryl methyl sites for hydroxylation is 1. The molecule has 0 aliphatic carbocycles. The Morgan fingerprint density at radius 3 is 2.64 bits per heavy atom. The number of ketones is 1. The smallest absolute Gasteiger partial charge is 0.273 e. The van der Waals surface area contributed by atoms with Crippen molar-refractivity contribution in [3.05, 3.63) is 69.5 Å². The van der Waals surface area contributed by atoms with Gasteiger partial charge in [-0.05, 0) is 13.0 Å². The molecule has 112 valence electrons. The van der Waals surface area contributed by atoms with Gasteiger partial charge in [-0.2, -0.15) is 4.57 Å². The Labute approximate surface area is 126 Å². The van der Waals surface area contributed by atoms with E-state index in [1.54, 1.807) is 31.3 Å². The van der Waals surface area contributed by atoms with Crippen molar-refractivity contribution >= 4 is 17.4 Å². The number of nitrogens with two attached hydrogens (primary N) is 1. The van der Waals surface area contributed by atoms with Gasteiger partial charge in [-0.25, -0.2) is 0 Å². The van der Waals surface area contributed by atoms with Crippen molar-refractivity contribution in [2.24, 2.45) is 5.73 Å². The molecule has 0 spiro atoms. The zero-order valence-electron chi connectivity index (χ0n) is 11.9. The molecule has 1 aromatic carbocycles. The second kappa shape index (κ2) is 6.13. The van der Waals surface area contributed by atoms with Crippen LogP contribution in [0.5, 0.6) is 0 Å². The van der Waals surface area contributed by atoms with Gasteiger partial charge in [0.15, 0.2) is 12.4 Å². The number of pyridine rings is 1. The van der Waals surface area contributed by atoms with Crippen LogP contribution in [-0.4, -0.2) is 16.6 Å². The number of nitro groups is 1. The first-order valence-electron chi connectivity index (χ1n) is 6.45. The molecule has 7 nitrogen and oxygen atoms in total. The van der Waals surface area contributed by atoms with Crippen molar-refractivity contribution in [3.63, 3.8) is 0 Å². The molecule has 0 saturated heterocycles. The molecule has 0 bridgehead atoms. The summed E-state index contributed by atoms with van der Waals surface area (Å²) in [6, 6.07) is 7.49. The summed E-state index contributed by atoms with van der Waals surface area (Å²) in [5, 5.41) is 10.9. The van der Waals surface area contributed by atoms with Crippen LogP contribution in [-0.2, 0) is 6.54 Å². The van der Waals surface area contributed by atoms with E-state index < -0.39 is 10.8 Å². The number of amides is 1. The number of carbonyl (C=O) groups is 2. The molecular formula is C15H14N3O4+. The molecule has 22 heavy (non-hydrogen) atoms. The second-order valence-corrected chi connectivity index (χ2v) is 4.81. The van der Waals surface area contributed by atoms with Gasteiger partial charge in [0, 0.05) is 23.3 Å². The van der Waals surface area contributed by atoms with Crippen LogP contribution in [0.15, 0.2) is 42.7 Å². The SMILES string of the molecule is Cc1ccc(C(=O)C[n+]2cccc(C(N)=O)c2)cc1[N+](=O)[O-]. The Hall–Kier alpha value is -3.09. The fourth-order valence-corrected chi connectivity index (χ4v) is 2.00. The quantitative estimate of drug-likeness (QED) is 0.387. The van der Waals surface area contributed by atoms with E-state index in [9.17, 15) is 19.7 Å². The van der Waals surface area contributed by atoms with Crippen LogP contribution < -0.4 is 10.3 Å². The van der Waals surface area contributed by atoms with Crippen molar-refractivity contribution in [3.8, 4) is 0 Å². The summed E-state index contributed by atoms with van der Waals surface area (Å²) in [6.07, 6.45) is 3.08. The summed E-state index contributed by atoms with van der Waals surface area (Å²) in [6.45, 7) is 1.57. The zero-order chi connectivity index (χ0) is 16.3. The van der Waals surface area contributed by atoms with E-state index in [4.69, 9.17) is 5.73 Å². The molecule has 2 N–H and O–H groups in total. The van der Waals surface area contributed by atoms with Gasteiger partial charge >= 0.3 is 0 Å². The monoisotopic (exact) mass is 300 g/mol. The van der Waals surface area contributed by atoms with E-state index in [2.05, 4.69) is 0 Å². The average molecular weight is 300 g/mol. The largest absolute Gasteiger partial charge is 0.365 e. The van der Waals surface area contributed by atoms with Crippen LogP contribution in [0.1, 0.15) is 26.3 Å². The normalized spacial score (nSPS) is 10.2. The van der Waals surface area contributed by atoms with Gasteiger partial charge in [0.25, 0.3) is 11.6 Å². The molecular weight excluding hydrogens is 286 g/mol. The van der Waals surface area contributed by atoms with Gasteiger partial charge in [0.2, 0.25) is 12.3 Å². The van der Waals surface area contributed by atoms with Crippen molar-refractivity contribution < 1.29 is 19.1 Å². The summed E-state index contributed by atoms with van der Waals surface area (Å²) in [7, 11) is 0. The van der Waals surface area contributed by atoms with E-state index >= 15 is 0 Å². The van der Waals surface area contributed by atoms with E-state index in [1.807, 2.05) is 0 Å². The van der Waals surface area contributed by atoms with Crippen LogP contribution in [0.3, 0.4) is 0 Å². The summed E-state index contributed by atoms with van der Waals surface area (Å²) >= 11 is 0. The lowest BCUT2D eigenvalue weighted by Crippen LogP contribution is -2.38. The van der Waals surface area contributed by atoms with Crippen molar-refractivity contribution in [1.29, 1.82) is 0 Å². The Morgan fingerprint density at radius 2 is 2.00 bits per heavy atom. The first kappa shape index (κ1) is 15.3. The summed E-state index contributed by atoms with van der Waals surface area (Å²) < 4.78 is 1.51. The van der Waals surface area contributed by atoms with Crippen molar-refractivity contribution in [1.82, 2.24) is 0 Å².